The van der Waals surface area contributed by atoms with Crippen LogP contribution in [-0.4, -0.2) is 35.1 Å². The van der Waals surface area contributed by atoms with Crippen LogP contribution < -0.4 is 5.32 Å². The number of aryl methyl sites for hydroxylation is 1. The van der Waals surface area contributed by atoms with Gasteiger partial charge in [-0.3, -0.25) is 9.59 Å². The molecule has 0 radical (unpaired) electrons. The van der Waals surface area contributed by atoms with Gasteiger partial charge in [-0.25, -0.2) is 0 Å². The number of nitrogens with one attached hydrogen (secondary N) is 1. The van der Waals surface area contributed by atoms with E-state index in [2.05, 4.69) is 10.2 Å². The van der Waals surface area contributed by atoms with Crippen molar-refractivity contribution in [3.63, 3.8) is 0 Å². The molecular formula is C23H26N2O2S. The van der Waals surface area contributed by atoms with Gasteiger partial charge in [-0.05, 0) is 61.9 Å². The SMILES string of the molecule is Cc1ccc(C(=O)N2C[C@@H]3CCC[C@H]2C3)cc1NC(=O)CSc1ccccc1. The predicted molar refractivity (Wildman–Crippen MR) is 114 cm³/mol. The van der Waals surface area contributed by atoms with Crippen LogP contribution in [0.5, 0.6) is 0 Å². The van der Waals surface area contributed by atoms with Crippen molar-refractivity contribution in [1.29, 1.82) is 0 Å². The average Bonchev–Trinajstić information content (AvgIpc) is 3.01. The average molecular weight is 395 g/mol. The third kappa shape index (κ3) is 4.25. The quantitative estimate of drug-likeness (QED) is 0.745. The summed E-state index contributed by atoms with van der Waals surface area (Å²) >= 11 is 1.51. The molecule has 146 valence electrons. The molecule has 1 aliphatic carbocycles. The van der Waals surface area contributed by atoms with Crippen molar-refractivity contribution in [2.75, 3.05) is 17.6 Å². The number of rotatable bonds is 5. The van der Waals surface area contributed by atoms with Crippen LogP contribution in [0.25, 0.3) is 0 Å². The largest absolute Gasteiger partial charge is 0.335 e. The Morgan fingerprint density at radius 2 is 1.96 bits per heavy atom. The van der Waals surface area contributed by atoms with Gasteiger partial charge in [-0.1, -0.05) is 30.7 Å². The monoisotopic (exact) mass is 394 g/mol. The van der Waals surface area contributed by atoms with Crippen molar-refractivity contribution in [2.45, 2.75) is 43.5 Å². The van der Waals surface area contributed by atoms with Gasteiger partial charge in [0.1, 0.15) is 0 Å². The summed E-state index contributed by atoms with van der Waals surface area (Å²) in [5.41, 5.74) is 2.37. The van der Waals surface area contributed by atoms with Crippen LogP contribution in [0.4, 0.5) is 5.69 Å². The molecular weight excluding hydrogens is 368 g/mol. The van der Waals surface area contributed by atoms with Crippen LogP contribution in [0.2, 0.25) is 0 Å². The lowest BCUT2D eigenvalue weighted by atomic mass is 9.90. The van der Waals surface area contributed by atoms with Crippen molar-refractivity contribution >= 4 is 29.3 Å². The van der Waals surface area contributed by atoms with E-state index in [9.17, 15) is 9.59 Å². The van der Waals surface area contributed by atoms with Crippen molar-refractivity contribution in [1.82, 2.24) is 4.90 Å². The molecule has 2 aromatic carbocycles. The van der Waals surface area contributed by atoms with E-state index in [0.29, 0.717) is 23.3 Å². The molecule has 28 heavy (non-hydrogen) atoms. The first kappa shape index (κ1) is 19.1. The fourth-order valence-corrected chi connectivity index (χ4v) is 5.01. The molecule has 2 amide bonds. The van der Waals surface area contributed by atoms with E-state index in [1.54, 1.807) is 0 Å². The molecule has 5 heteroatoms. The Labute approximate surface area is 170 Å². The number of amides is 2. The molecule has 1 N–H and O–H groups in total. The lowest BCUT2D eigenvalue weighted by Crippen LogP contribution is -2.35. The van der Waals surface area contributed by atoms with Crippen molar-refractivity contribution in [3.05, 3.63) is 59.7 Å². The first-order valence-corrected chi connectivity index (χ1v) is 11.0. The molecule has 2 bridgehead atoms. The first-order valence-electron chi connectivity index (χ1n) is 9.99. The zero-order valence-corrected chi connectivity index (χ0v) is 17.0. The van der Waals surface area contributed by atoms with Crippen LogP contribution in [0, 0.1) is 12.8 Å². The van der Waals surface area contributed by atoms with E-state index in [0.717, 1.165) is 35.5 Å². The fraction of sp³-hybridized carbons (Fsp3) is 0.391. The van der Waals surface area contributed by atoms with Crippen LogP contribution in [0.15, 0.2) is 53.4 Å². The molecule has 4 nitrogen and oxygen atoms in total. The second-order valence-electron chi connectivity index (χ2n) is 7.82. The van der Waals surface area contributed by atoms with Gasteiger partial charge in [0, 0.05) is 28.7 Å². The van der Waals surface area contributed by atoms with E-state index in [-0.39, 0.29) is 11.8 Å². The summed E-state index contributed by atoms with van der Waals surface area (Å²) in [6.45, 7) is 2.84. The Morgan fingerprint density at radius 3 is 2.75 bits per heavy atom. The minimum atomic E-state index is -0.0569. The number of anilines is 1. The van der Waals surface area contributed by atoms with Gasteiger partial charge in [0.2, 0.25) is 5.91 Å². The maximum Gasteiger partial charge on any atom is 0.254 e. The minimum Gasteiger partial charge on any atom is -0.335 e. The zero-order chi connectivity index (χ0) is 19.5. The molecule has 2 aromatic rings. The van der Waals surface area contributed by atoms with Gasteiger partial charge in [0.05, 0.1) is 5.75 Å². The number of benzene rings is 2. The van der Waals surface area contributed by atoms with Gasteiger partial charge in [-0.15, -0.1) is 11.8 Å². The highest BCUT2D eigenvalue weighted by Crippen LogP contribution is 2.36. The second-order valence-corrected chi connectivity index (χ2v) is 8.87. The summed E-state index contributed by atoms with van der Waals surface area (Å²) in [6.07, 6.45) is 4.74. The highest BCUT2D eigenvalue weighted by atomic mass is 32.2. The standard InChI is InChI=1S/C23H26N2O2S/c1-16-10-11-18(23(27)25-14-17-6-5-7-19(25)12-17)13-21(16)24-22(26)15-28-20-8-3-2-4-9-20/h2-4,8-11,13,17,19H,5-7,12,14-15H2,1H3,(H,24,26)/t17-,19+/m1/s1. The van der Waals surface area contributed by atoms with Gasteiger partial charge in [0.25, 0.3) is 5.91 Å². The second kappa shape index (κ2) is 8.39. The molecule has 0 aromatic heterocycles. The molecule has 1 aliphatic heterocycles. The maximum atomic E-state index is 13.1. The lowest BCUT2D eigenvalue weighted by Gasteiger charge is -2.25. The Hall–Kier alpha value is -2.27. The fourth-order valence-electron chi connectivity index (χ4n) is 4.29. The van der Waals surface area contributed by atoms with E-state index in [4.69, 9.17) is 0 Å². The topological polar surface area (TPSA) is 49.4 Å². The summed E-state index contributed by atoms with van der Waals surface area (Å²) in [6, 6.07) is 15.9. The van der Waals surface area contributed by atoms with E-state index >= 15 is 0 Å². The summed E-state index contributed by atoms with van der Waals surface area (Å²) in [5.74, 6) is 1.06. The molecule has 2 fully saturated rings. The predicted octanol–water partition coefficient (Wildman–Crippen LogP) is 4.74. The Kier molecular flexibility index (Phi) is 5.72. The van der Waals surface area contributed by atoms with Crippen molar-refractivity contribution in [3.8, 4) is 0 Å². The molecule has 2 atom stereocenters. The smallest absolute Gasteiger partial charge is 0.254 e. The number of hydrogen-bond donors (Lipinski definition) is 1. The maximum absolute atomic E-state index is 13.1. The molecule has 1 heterocycles. The van der Waals surface area contributed by atoms with Crippen LogP contribution in [0.3, 0.4) is 0 Å². The Balaban J connectivity index is 1.42. The highest BCUT2D eigenvalue weighted by Gasteiger charge is 2.38. The summed E-state index contributed by atoms with van der Waals surface area (Å²) in [7, 11) is 0. The summed E-state index contributed by atoms with van der Waals surface area (Å²) < 4.78 is 0. The van der Waals surface area contributed by atoms with Crippen LogP contribution in [-0.2, 0) is 4.79 Å². The van der Waals surface area contributed by atoms with Gasteiger partial charge < -0.3 is 10.2 Å². The van der Waals surface area contributed by atoms with Crippen molar-refractivity contribution < 1.29 is 9.59 Å². The van der Waals surface area contributed by atoms with Crippen molar-refractivity contribution in [2.24, 2.45) is 5.92 Å². The normalized spacial score (nSPS) is 20.8. The number of thioether (sulfide) groups is 1. The summed E-state index contributed by atoms with van der Waals surface area (Å²) in [5, 5.41) is 2.98. The van der Waals surface area contributed by atoms with Gasteiger partial charge in [-0.2, -0.15) is 0 Å². The Morgan fingerprint density at radius 1 is 1.14 bits per heavy atom. The molecule has 0 unspecified atom stereocenters. The van der Waals surface area contributed by atoms with Gasteiger partial charge >= 0.3 is 0 Å². The van der Waals surface area contributed by atoms with E-state index in [1.165, 1.54) is 24.6 Å². The van der Waals surface area contributed by atoms with E-state index in [1.807, 2.05) is 55.5 Å². The number of likely N-dealkylation sites (tertiary alicyclic amines) is 1. The third-order valence-electron chi connectivity index (χ3n) is 5.78. The summed E-state index contributed by atoms with van der Waals surface area (Å²) in [4.78, 5) is 28.6. The number of fused-ring (bicyclic) bond motifs is 2. The molecule has 1 saturated heterocycles. The number of carbonyl (C=O) groups is 2. The van der Waals surface area contributed by atoms with Crippen LogP contribution >= 0.6 is 11.8 Å². The first-order chi connectivity index (χ1) is 13.6. The third-order valence-corrected chi connectivity index (χ3v) is 6.80. The highest BCUT2D eigenvalue weighted by molar-refractivity contribution is 8.00. The van der Waals surface area contributed by atoms with Crippen LogP contribution in [0.1, 0.15) is 41.6 Å². The molecule has 2 aliphatic rings. The lowest BCUT2D eigenvalue weighted by molar-refractivity contribution is -0.113. The molecule has 1 saturated carbocycles. The number of hydrogen-bond acceptors (Lipinski definition) is 3. The molecule has 0 spiro atoms. The Bertz CT molecular complexity index is 868. The molecule has 4 rings (SSSR count). The zero-order valence-electron chi connectivity index (χ0n) is 16.2. The van der Waals surface area contributed by atoms with Gasteiger partial charge in [0.15, 0.2) is 0 Å². The minimum absolute atomic E-state index is 0.0569. The number of carbonyl (C=O) groups excluding carboxylic acids is 2. The number of nitrogens with zero attached hydrogens (tertiary/aromatic N) is 1. The van der Waals surface area contributed by atoms with E-state index < -0.39 is 0 Å².